The molecule has 0 spiro atoms. The lowest BCUT2D eigenvalue weighted by Gasteiger charge is -2.26. The summed E-state index contributed by atoms with van der Waals surface area (Å²) >= 11 is 6.28. The molecule has 1 N–H and O–H groups in total. The van der Waals surface area contributed by atoms with E-state index in [0.717, 1.165) is 6.07 Å². The third-order valence-electron chi connectivity index (χ3n) is 2.93. The molecule has 0 saturated carbocycles. The van der Waals surface area contributed by atoms with Crippen LogP contribution in [0.3, 0.4) is 0 Å². The van der Waals surface area contributed by atoms with Crippen molar-refractivity contribution < 1.29 is 13.9 Å². The minimum atomic E-state index is -1.78. The van der Waals surface area contributed by atoms with Crippen molar-refractivity contribution in [3.05, 3.63) is 68.1 Å². The molecule has 5 heteroatoms. The van der Waals surface area contributed by atoms with E-state index in [1.807, 2.05) is 0 Å². The molecule has 1 unspecified atom stereocenters. The van der Waals surface area contributed by atoms with Gasteiger partial charge < -0.3 is 5.11 Å². The maximum atomic E-state index is 14.1. The minimum absolute atomic E-state index is 0.108. The number of hydrogen-bond donors (Lipinski definition) is 1. The number of benzene rings is 2. The van der Waals surface area contributed by atoms with Gasteiger partial charge in [0.2, 0.25) is 0 Å². The van der Waals surface area contributed by atoms with Crippen molar-refractivity contribution in [3.8, 4) is 0 Å². The summed E-state index contributed by atoms with van der Waals surface area (Å²) in [5, 5.41) is 10.6. The van der Waals surface area contributed by atoms with Crippen LogP contribution < -0.4 is 0 Å². The summed E-state index contributed by atoms with van der Waals surface area (Å²) in [7, 11) is 0. The molecular formula is C14H10Br2F2O. The Hall–Kier alpha value is -0.780. The summed E-state index contributed by atoms with van der Waals surface area (Å²) < 4.78 is 28.7. The van der Waals surface area contributed by atoms with Gasteiger partial charge in [-0.2, -0.15) is 0 Å². The fourth-order valence-corrected chi connectivity index (χ4v) is 2.97. The Labute approximate surface area is 126 Å². The fourth-order valence-electron chi connectivity index (χ4n) is 1.96. The summed E-state index contributed by atoms with van der Waals surface area (Å²) in [6, 6.07) is 9.17. The SMILES string of the molecule is CC(O)(c1ccccc1Br)c1c(F)ccc(Br)c1F. The highest BCUT2D eigenvalue weighted by Crippen LogP contribution is 2.38. The molecule has 0 aliphatic carbocycles. The van der Waals surface area contributed by atoms with Gasteiger partial charge in [0.1, 0.15) is 17.2 Å². The van der Waals surface area contributed by atoms with Gasteiger partial charge in [0, 0.05) is 10.0 Å². The zero-order valence-electron chi connectivity index (χ0n) is 9.92. The molecule has 0 aliphatic heterocycles. The van der Waals surface area contributed by atoms with E-state index in [-0.39, 0.29) is 10.0 Å². The standard InChI is InChI=1S/C14H10Br2F2O/c1-14(19,8-4-2-3-5-9(8)15)12-11(17)7-6-10(16)13(12)18/h2-7,19H,1H3. The molecule has 0 bridgehead atoms. The number of aliphatic hydroxyl groups is 1. The van der Waals surface area contributed by atoms with E-state index in [4.69, 9.17) is 0 Å². The average molecular weight is 392 g/mol. The van der Waals surface area contributed by atoms with Gasteiger partial charge in [-0.1, -0.05) is 34.1 Å². The molecular weight excluding hydrogens is 382 g/mol. The number of rotatable bonds is 2. The Bertz CT molecular complexity index is 627. The predicted octanol–water partition coefficient (Wildman–Crippen LogP) is 4.75. The van der Waals surface area contributed by atoms with Crippen molar-refractivity contribution in [2.24, 2.45) is 0 Å². The molecule has 0 fully saturated rings. The van der Waals surface area contributed by atoms with E-state index in [1.54, 1.807) is 24.3 Å². The summed E-state index contributed by atoms with van der Waals surface area (Å²) in [5.74, 6) is -1.60. The highest BCUT2D eigenvalue weighted by Gasteiger charge is 2.34. The maximum absolute atomic E-state index is 14.1. The second-order valence-electron chi connectivity index (χ2n) is 4.27. The number of halogens is 4. The van der Waals surface area contributed by atoms with Crippen LogP contribution in [0.1, 0.15) is 18.1 Å². The van der Waals surface area contributed by atoms with E-state index in [0.29, 0.717) is 10.0 Å². The monoisotopic (exact) mass is 390 g/mol. The second kappa shape index (κ2) is 5.31. The Kier molecular flexibility index (Phi) is 4.08. The van der Waals surface area contributed by atoms with Gasteiger partial charge in [-0.15, -0.1) is 0 Å². The van der Waals surface area contributed by atoms with Gasteiger partial charge in [0.05, 0.1) is 10.0 Å². The average Bonchev–Trinajstić information content (AvgIpc) is 2.34. The van der Waals surface area contributed by atoms with Gasteiger partial charge in [-0.3, -0.25) is 0 Å². The molecule has 0 aromatic heterocycles. The lowest BCUT2D eigenvalue weighted by atomic mass is 9.87. The molecule has 2 rings (SSSR count). The van der Waals surface area contributed by atoms with Gasteiger partial charge in [0.25, 0.3) is 0 Å². The van der Waals surface area contributed by atoms with Crippen LogP contribution >= 0.6 is 31.9 Å². The van der Waals surface area contributed by atoms with Crippen LogP contribution in [0.15, 0.2) is 45.3 Å². The minimum Gasteiger partial charge on any atom is -0.380 e. The molecule has 100 valence electrons. The highest BCUT2D eigenvalue weighted by atomic mass is 79.9. The normalized spacial score (nSPS) is 14.2. The van der Waals surface area contributed by atoms with Crippen molar-refractivity contribution in [1.82, 2.24) is 0 Å². The van der Waals surface area contributed by atoms with E-state index in [1.165, 1.54) is 13.0 Å². The van der Waals surface area contributed by atoms with Crippen LogP contribution in [0.5, 0.6) is 0 Å². The first-order valence-electron chi connectivity index (χ1n) is 5.47. The van der Waals surface area contributed by atoms with Gasteiger partial charge in [-0.25, -0.2) is 8.78 Å². The van der Waals surface area contributed by atoms with Crippen LogP contribution in [0.4, 0.5) is 8.78 Å². The van der Waals surface area contributed by atoms with E-state index in [9.17, 15) is 13.9 Å². The second-order valence-corrected chi connectivity index (χ2v) is 5.98. The Morgan fingerprint density at radius 2 is 1.63 bits per heavy atom. The van der Waals surface area contributed by atoms with Crippen molar-refractivity contribution in [1.29, 1.82) is 0 Å². The van der Waals surface area contributed by atoms with E-state index < -0.39 is 17.2 Å². The van der Waals surface area contributed by atoms with Crippen LogP contribution in [0.25, 0.3) is 0 Å². The van der Waals surface area contributed by atoms with Gasteiger partial charge in [-0.05, 0) is 41.1 Å². The molecule has 1 nitrogen and oxygen atoms in total. The molecule has 0 heterocycles. The first kappa shape index (κ1) is 14.6. The first-order chi connectivity index (χ1) is 8.85. The Morgan fingerprint density at radius 1 is 1.00 bits per heavy atom. The van der Waals surface area contributed by atoms with E-state index >= 15 is 0 Å². The molecule has 2 aromatic carbocycles. The lowest BCUT2D eigenvalue weighted by Crippen LogP contribution is -2.26. The van der Waals surface area contributed by atoms with E-state index in [2.05, 4.69) is 31.9 Å². The van der Waals surface area contributed by atoms with Gasteiger partial charge in [0.15, 0.2) is 0 Å². The zero-order valence-corrected chi connectivity index (χ0v) is 13.1. The van der Waals surface area contributed by atoms with Crippen LogP contribution in [0.2, 0.25) is 0 Å². The van der Waals surface area contributed by atoms with Crippen molar-refractivity contribution in [2.75, 3.05) is 0 Å². The molecule has 0 amide bonds. The smallest absolute Gasteiger partial charge is 0.146 e. The largest absolute Gasteiger partial charge is 0.380 e. The molecule has 0 aliphatic rings. The zero-order chi connectivity index (χ0) is 14.2. The molecule has 19 heavy (non-hydrogen) atoms. The van der Waals surface area contributed by atoms with Crippen molar-refractivity contribution in [2.45, 2.75) is 12.5 Å². The summed E-state index contributed by atoms with van der Waals surface area (Å²) in [4.78, 5) is 0. The maximum Gasteiger partial charge on any atom is 0.146 e. The number of hydrogen-bond acceptors (Lipinski definition) is 1. The van der Waals surface area contributed by atoms with Crippen molar-refractivity contribution in [3.63, 3.8) is 0 Å². The fraction of sp³-hybridized carbons (Fsp3) is 0.143. The van der Waals surface area contributed by atoms with Gasteiger partial charge >= 0.3 is 0 Å². The molecule has 0 saturated heterocycles. The third-order valence-corrected chi connectivity index (χ3v) is 4.23. The first-order valence-corrected chi connectivity index (χ1v) is 7.05. The predicted molar refractivity (Wildman–Crippen MR) is 76.9 cm³/mol. The topological polar surface area (TPSA) is 20.2 Å². The quantitative estimate of drug-likeness (QED) is 0.732. The van der Waals surface area contributed by atoms with Crippen molar-refractivity contribution >= 4 is 31.9 Å². The Balaban J connectivity index is 2.70. The lowest BCUT2D eigenvalue weighted by molar-refractivity contribution is 0.0925. The van der Waals surface area contributed by atoms with Crippen LogP contribution in [-0.4, -0.2) is 5.11 Å². The Morgan fingerprint density at radius 3 is 2.26 bits per heavy atom. The highest BCUT2D eigenvalue weighted by molar-refractivity contribution is 9.10. The molecule has 2 aromatic rings. The molecule has 0 radical (unpaired) electrons. The summed E-state index contributed by atoms with van der Waals surface area (Å²) in [5.41, 5.74) is -1.77. The third kappa shape index (κ3) is 2.59. The summed E-state index contributed by atoms with van der Waals surface area (Å²) in [6.45, 7) is 1.36. The van der Waals surface area contributed by atoms with Crippen LogP contribution in [0, 0.1) is 11.6 Å². The summed E-state index contributed by atoms with van der Waals surface area (Å²) in [6.07, 6.45) is 0. The molecule has 1 atom stereocenters. The van der Waals surface area contributed by atoms with Crippen LogP contribution in [-0.2, 0) is 5.60 Å².